The van der Waals surface area contributed by atoms with E-state index in [0.29, 0.717) is 24.3 Å². The normalized spacial score (nSPS) is 17.8. The number of benzene rings is 1. The first-order valence-corrected chi connectivity index (χ1v) is 10.0. The minimum Gasteiger partial charge on any atom is -0.496 e. The number of methoxy groups -OCH3 is 1. The minimum absolute atomic E-state index is 0.152. The topological polar surface area (TPSA) is 84.9 Å². The summed E-state index contributed by atoms with van der Waals surface area (Å²) in [6.07, 6.45) is 1.28. The van der Waals surface area contributed by atoms with Crippen molar-refractivity contribution in [2.24, 2.45) is 5.92 Å². The average Bonchev–Trinajstić information content (AvgIpc) is 3.13. The molecular formula is C22H32N2O5. The predicted octanol–water partition coefficient (Wildman–Crippen LogP) is 2.78. The van der Waals surface area contributed by atoms with Gasteiger partial charge in [0.05, 0.1) is 12.7 Å². The molecule has 0 saturated carbocycles. The van der Waals surface area contributed by atoms with E-state index in [2.05, 4.69) is 5.32 Å². The molecular weight excluding hydrogens is 372 g/mol. The van der Waals surface area contributed by atoms with Gasteiger partial charge in [-0.3, -0.25) is 9.59 Å². The number of rotatable bonds is 6. The number of carbonyl (C=O) groups excluding carboxylic acids is 3. The van der Waals surface area contributed by atoms with E-state index < -0.39 is 23.7 Å². The van der Waals surface area contributed by atoms with Crippen LogP contribution in [0.15, 0.2) is 24.3 Å². The van der Waals surface area contributed by atoms with Crippen LogP contribution in [-0.2, 0) is 14.3 Å². The van der Waals surface area contributed by atoms with Gasteiger partial charge < -0.3 is 19.7 Å². The lowest BCUT2D eigenvalue weighted by Crippen LogP contribution is -2.54. The van der Waals surface area contributed by atoms with E-state index in [-0.39, 0.29) is 17.7 Å². The molecule has 1 aromatic carbocycles. The maximum absolute atomic E-state index is 13.3. The lowest BCUT2D eigenvalue weighted by molar-refractivity contribution is -0.163. The van der Waals surface area contributed by atoms with Crippen LogP contribution >= 0.6 is 0 Å². The summed E-state index contributed by atoms with van der Waals surface area (Å²) in [5, 5.41) is 2.83. The summed E-state index contributed by atoms with van der Waals surface area (Å²) in [6, 6.07) is 5.48. The number of hydrogen-bond acceptors (Lipinski definition) is 5. The number of ether oxygens (including phenoxy) is 2. The van der Waals surface area contributed by atoms with Crippen molar-refractivity contribution in [3.8, 4) is 5.75 Å². The SMILES string of the molecule is COc1ccccc1C(=O)N[C@H](C(=O)N1CCC[C@H]1C(=O)OC(C)(C)C)C(C)C. The number of likely N-dealkylation sites (tertiary alicyclic amines) is 1. The van der Waals surface area contributed by atoms with Crippen LogP contribution in [0.4, 0.5) is 0 Å². The van der Waals surface area contributed by atoms with Crippen molar-refractivity contribution in [1.29, 1.82) is 0 Å². The van der Waals surface area contributed by atoms with Crippen molar-refractivity contribution >= 4 is 17.8 Å². The van der Waals surface area contributed by atoms with Crippen LogP contribution in [0.3, 0.4) is 0 Å². The zero-order valence-electron chi connectivity index (χ0n) is 18.2. The second-order valence-corrected chi connectivity index (χ2v) is 8.62. The Morgan fingerprint density at radius 3 is 2.41 bits per heavy atom. The molecule has 1 aromatic rings. The predicted molar refractivity (Wildman–Crippen MR) is 110 cm³/mol. The number of carbonyl (C=O) groups is 3. The number of para-hydroxylation sites is 1. The van der Waals surface area contributed by atoms with E-state index in [1.165, 1.54) is 7.11 Å². The molecule has 160 valence electrons. The Morgan fingerprint density at radius 2 is 1.83 bits per heavy atom. The van der Waals surface area contributed by atoms with Crippen LogP contribution < -0.4 is 10.1 Å². The molecule has 0 unspecified atom stereocenters. The van der Waals surface area contributed by atoms with E-state index in [1.807, 2.05) is 13.8 Å². The fourth-order valence-electron chi connectivity index (χ4n) is 3.39. The standard InChI is InChI=1S/C22H32N2O5/c1-14(2)18(23-19(25)15-10-7-8-12-17(15)28-6)20(26)24-13-9-11-16(24)21(27)29-22(3,4)5/h7-8,10,12,14,16,18H,9,11,13H2,1-6H3,(H,23,25)/t16-,18-/m0/s1. The Balaban J connectivity index is 2.18. The van der Waals surface area contributed by atoms with Gasteiger partial charge in [-0.1, -0.05) is 26.0 Å². The Kier molecular flexibility index (Phi) is 7.27. The molecule has 2 rings (SSSR count). The van der Waals surface area contributed by atoms with Crippen molar-refractivity contribution in [2.75, 3.05) is 13.7 Å². The summed E-state index contributed by atoms with van der Waals surface area (Å²) in [5.41, 5.74) is -0.261. The molecule has 29 heavy (non-hydrogen) atoms. The first-order chi connectivity index (χ1) is 13.5. The molecule has 0 radical (unpaired) electrons. The van der Waals surface area contributed by atoms with Crippen molar-refractivity contribution in [3.63, 3.8) is 0 Å². The molecule has 2 atom stereocenters. The summed E-state index contributed by atoms with van der Waals surface area (Å²) >= 11 is 0. The minimum atomic E-state index is -0.754. The second-order valence-electron chi connectivity index (χ2n) is 8.62. The van der Waals surface area contributed by atoms with Crippen molar-refractivity contribution < 1.29 is 23.9 Å². The van der Waals surface area contributed by atoms with E-state index in [9.17, 15) is 14.4 Å². The Labute approximate surface area is 172 Å². The quantitative estimate of drug-likeness (QED) is 0.737. The average molecular weight is 405 g/mol. The highest BCUT2D eigenvalue weighted by Gasteiger charge is 2.40. The lowest BCUT2D eigenvalue weighted by Gasteiger charge is -2.31. The van der Waals surface area contributed by atoms with Crippen LogP contribution in [0.25, 0.3) is 0 Å². The van der Waals surface area contributed by atoms with Gasteiger partial charge in [0.15, 0.2) is 0 Å². The number of amides is 2. The molecule has 1 N–H and O–H groups in total. The zero-order valence-corrected chi connectivity index (χ0v) is 18.2. The smallest absolute Gasteiger partial charge is 0.329 e. The summed E-state index contributed by atoms with van der Waals surface area (Å²) in [7, 11) is 1.49. The molecule has 0 aromatic heterocycles. The van der Waals surface area contributed by atoms with Gasteiger partial charge in [0.1, 0.15) is 23.4 Å². The van der Waals surface area contributed by atoms with Gasteiger partial charge in [0.2, 0.25) is 5.91 Å². The first kappa shape index (κ1) is 22.7. The van der Waals surface area contributed by atoms with Crippen LogP contribution in [0, 0.1) is 5.92 Å². The third-order valence-electron chi connectivity index (χ3n) is 4.79. The Bertz CT molecular complexity index is 754. The summed E-state index contributed by atoms with van der Waals surface area (Å²) in [6.45, 7) is 9.60. The van der Waals surface area contributed by atoms with Gasteiger partial charge in [0, 0.05) is 6.54 Å². The van der Waals surface area contributed by atoms with Crippen molar-refractivity contribution in [1.82, 2.24) is 10.2 Å². The van der Waals surface area contributed by atoms with Crippen molar-refractivity contribution in [3.05, 3.63) is 29.8 Å². The highest BCUT2D eigenvalue weighted by Crippen LogP contribution is 2.24. The van der Waals surface area contributed by atoms with E-state index in [0.717, 1.165) is 6.42 Å². The monoisotopic (exact) mass is 404 g/mol. The molecule has 1 fully saturated rings. The first-order valence-electron chi connectivity index (χ1n) is 10.0. The molecule has 0 aliphatic carbocycles. The molecule has 1 heterocycles. The van der Waals surface area contributed by atoms with Gasteiger partial charge in [-0.25, -0.2) is 4.79 Å². The Morgan fingerprint density at radius 1 is 1.17 bits per heavy atom. The molecule has 0 bridgehead atoms. The maximum Gasteiger partial charge on any atom is 0.329 e. The molecule has 7 heteroatoms. The van der Waals surface area contributed by atoms with Crippen LogP contribution in [-0.4, -0.2) is 54.0 Å². The fourth-order valence-corrected chi connectivity index (χ4v) is 3.39. The largest absolute Gasteiger partial charge is 0.496 e. The van der Waals surface area contributed by atoms with Crippen LogP contribution in [0.2, 0.25) is 0 Å². The van der Waals surface area contributed by atoms with Crippen molar-refractivity contribution in [2.45, 2.75) is 65.1 Å². The third kappa shape index (κ3) is 5.71. The van der Waals surface area contributed by atoms with E-state index in [4.69, 9.17) is 9.47 Å². The maximum atomic E-state index is 13.3. The van der Waals surface area contributed by atoms with Gasteiger partial charge in [-0.15, -0.1) is 0 Å². The van der Waals surface area contributed by atoms with Gasteiger partial charge in [-0.05, 0) is 51.7 Å². The van der Waals surface area contributed by atoms with Crippen LogP contribution in [0.5, 0.6) is 5.75 Å². The second kappa shape index (κ2) is 9.29. The van der Waals surface area contributed by atoms with Gasteiger partial charge >= 0.3 is 5.97 Å². The number of nitrogens with one attached hydrogen (secondary N) is 1. The molecule has 1 saturated heterocycles. The summed E-state index contributed by atoms with van der Waals surface area (Å²) in [5.74, 6) is -0.769. The van der Waals surface area contributed by atoms with E-state index in [1.54, 1.807) is 49.9 Å². The summed E-state index contributed by atoms with van der Waals surface area (Å²) < 4.78 is 10.7. The lowest BCUT2D eigenvalue weighted by atomic mass is 10.0. The van der Waals surface area contributed by atoms with Crippen LogP contribution in [0.1, 0.15) is 57.8 Å². The highest BCUT2D eigenvalue weighted by atomic mass is 16.6. The molecule has 0 spiro atoms. The number of esters is 1. The molecule has 7 nitrogen and oxygen atoms in total. The number of nitrogens with zero attached hydrogens (tertiary/aromatic N) is 1. The fraction of sp³-hybridized carbons (Fsp3) is 0.591. The third-order valence-corrected chi connectivity index (χ3v) is 4.79. The molecule has 1 aliphatic heterocycles. The highest BCUT2D eigenvalue weighted by molar-refractivity contribution is 6.00. The zero-order chi connectivity index (χ0) is 21.8. The van der Waals surface area contributed by atoms with Gasteiger partial charge in [0.25, 0.3) is 5.91 Å². The Hall–Kier alpha value is -2.57. The number of hydrogen-bond donors (Lipinski definition) is 1. The van der Waals surface area contributed by atoms with E-state index >= 15 is 0 Å². The van der Waals surface area contributed by atoms with Gasteiger partial charge in [-0.2, -0.15) is 0 Å². The summed E-state index contributed by atoms with van der Waals surface area (Å²) in [4.78, 5) is 40.2. The molecule has 1 aliphatic rings. The molecule has 2 amide bonds.